The van der Waals surface area contributed by atoms with Gasteiger partial charge >= 0.3 is 6.09 Å². The lowest BCUT2D eigenvalue weighted by Crippen LogP contribution is -2.56. The molecule has 1 amide bonds. The number of carbonyl (C=O) groups is 1. The minimum atomic E-state index is -0.702. The fourth-order valence-electron chi connectivity index (χ4n) is 4.39. The van der Waals surface area contributed by atoms with Crippen molar-refractivity contribution in [2.45, 2.75) is 50.7 Å². The highest BCUT2D eigenvalue weighted by atomic mass is 16.6. The lowest BCUT2D eigenvalue weighted by Gasteiger charge is -2.52. The molecule has 0 bridgehead atoms. The monoisotopic (exact) mass is 333 g/mol. The highest BCUT2D eigenvalue weighted by molar-refractivity contribution is 5.69. The summed E-state index contributed by atoms with van der Waals surface area (Å²) in [5, 5.41) is 11.2. The van der Waals surface area contributed by atoms with E-state index in [1.165, 1.54) is 0 Å². The fourth-order valence-corrected chi connectivity index (χ4v) is 4.39. The third-order valence-electron chi connectivity index (χ3n) is 5.53. The summed E-state index contributed by atoms with van der Waals surface area (Å²) in [5.74, 6) is 0.771. The third kappa shape index (κ3) is 2.97. The van der Waals surface area contributed by atoms with E-state index in [1.807, 2.05) is 31.2 Å². The molecule has 2 fully saturated rings. The van der Waals surface area contributed by atoms with Crippen molar-refractivity contribution in [1.82, 2.24) is 4.90 Å². The Labute approximate surface area is 143 Å². The number of benzene rings is 1. The van der Waals surface area contributed by atoms with Gasteiger partial charge < -0.3 is 19.5 Å². The highest BCUT2D eigenvalue weighted by Crippen LogP contribution is 2.50. The molecule has 1 N–H and O–H groups in total. The first-order valence-electron chi connectivity index (χ1n) is 8.89. The molecule has 1 aromatic carbocycles. The van der Waals surface area contributed by atoms with Crippen molar-refractivity contribution < 1.29 is 19.4 Å². The van der Waals surface area contributed by atoms with E-state index < -0.39 is 5.60 Å². The first-order valence-corrected chi connectivity index (χ1v) is 8.89. The average Bonchev–Trinajstić information content (AvgIpc) is 2.60. The average molecular weight is 333 g/mol. The Hall–Kier alpha value is -1.75. The maximum atomic E-state index is 12.5. The van der Waals surface area contributed by atoms with Gasteiger partial charge in [0.05, 0.1) is 25.4 Å². The maximum absolute atomic E-state index is 12.5. The number of fused-ring (bicyclic) bond motifs is 1. The van der Waals surface area contributed by atoms with Gasteiger partial charge in [0.2, 0.25) is 0 Å². The first-order chi connectivity index (χ1) is 11.6. The predicted octanol–water partition coefficient (Wildman–Crippen LogP) is 3.52. The van der Waals surface area contributed by atoms with Crippen LogP contribution in [-0.4, -0.2) is 42.0 Å². The summed E-state index contributed by atoms with van der Waals surface area (Å²) in [7, 11) is 1.64. The van der Waals surface area contributed by atoms with Gasteiger partial charge in [0, 0.05) is 18.0 Å². The molecular formula is C19H27NO4. The van der Waals surface area contributed by atoms with E-state index in [9.17, 15) is 9.90 Å². The molecule has 1 aliphatic carbocycles. The molecule has 1 aliphatic heterocycles. The van der Waals surface area contributed by atoms with E-state index in [0.29, 0.717) is 19.6 Å². The largest absolute Gasteiger partial charge is 0.496 e. The summed E-state index contributed by atoms with van der Waals surface area (Å²) >= 11 is 0. The number of ether oxygens (including phenoxy) is 2. The van der Waals surface area contributed by atoms with Crippen molar-refractivity contribution in [2.24, 2.45) is 5.92 Å². The standard InChI is InChI=1S/C19H27NO4/c1-3-24-18(21)20-13-12-19(22)11-7-6-9-15(19)17(20)14-8-4-5-10-16(14)23-2/h4-5,8,10,15,17,22H,3,6-7,9,11-13H2,1-2H3/t15-,17+,19-/m1/s1. The molecule has 2 aliphatic rings. The third-order valence-corrected chi connectivity index (χ3v) is 5.53. The molecule has 0 aromatic heterocycles. The molecule has 5 nitrogen and oxygen atoms in total. The Balaban J connectivity index is 2.03. The molecule has 0 spiro atoms. The molecule has 1 aromatic rings. The van der Waals surface area contributed by atoms with Crippen LogP contribution in [0.4, 0.5) is 4.79 Å². The van der Waals surface area contributed by atoms with Gasteiger partial charge in [-0.05, 0) is 32.3 Å². The SMILES string of the molecule is CCOC(=O)N1CC[C@]2(O)CCCC[C@@H]2[C@@H]1c1ccccc1OC. The van der Waals surface area contributed by atoms with Gasteiger partial charge in [-0.15, -0.1) is 0 Å². The number of nitrogens with zero attached hydrogens (tertiary/aromatic N) is 1. The number of carbonyl (C=O) groups excluding carboxylic acids is 1. The second-order valence-electron chi connectivity index (χ2n) is 6.78. The topological polar surface area (TPSA) is 59.0 Å². The summed E-state index contributed by atoms with van der Waals surface area (Å²) in [4.78, 5) is 14.3. The van der Waals surface area contributed by atoms with Crippen molar-refractivity contribution in [3.8, 4) is 5.75 Å². The van der Waals surface area contributed by atoms with E-state index in [0.717, 1.165) is 37.0 Å². The molecule has 0 radical (unpaired) electrons. The zero-order valence-corrected chi connectivity index (χ0v) is 14.5. The van der Waals surface area contributed by atoms with Crippen molar-refractivity contribution >= 4 is 6.09 Å². The number of piperidine rings is 1. The molecular weight excluding hydrogens is 306 g/mol. The first kappa shape index (κ1) is 17.1. The molecule has 1 saturated heterocycles. The highest BCUT2D eigenvalue weighted by Gasteiger charge is 2.51. The van der Waals surface area contributed by atoms with Crippen LogP contribution < -0.4 is 4.74 Å². The predicted molar refractivity (Wildman–Crippen MR) is 91.0 cm³/mol. The molecule has 5 heteroatoms. The van der Waals surface area contributed by atoms with E-state index in [2.05, 4.69) is 0 Å². The van der Waals surface area contributed by atoms with Crippen LogP contribution in [0.1, 0.15) is 50.6 Å². The summed E-state index contributed by atoms with van der Waals surface area (Å²) in [6, 6.07) is 7.58. The Morgan fingerprint density at radius 2 is 2.12 bits per heavy atom. The lowest BCUT2D eigenvalue weighted by molar-refractivity contribution is -0.118. The second-order valence-corrected chi connectivity index (χ2v) is 6.78. The molecule has 1 saturated carbocycles. The van der Waals surface area contributed by atoms with Crippen LogP contribution in [0.15, 0.2) is 24.3 Å². The maximum Gasteiger partial charge on any atom is 0.410 e. The molecule has 24 heavy (non-hydrogen) atoms. The summed E-state index contributed by atoms with van der Waals surface area (Å²) < 4.78 is 10.8. The Bertz CT molecular complexity index is 590. The van der Waals surface area contributed by atoms with Crippen LogP contribution in [0.3, 0.4) is 0 Å². The van der Waals surface area contributed by atoms with Gasteiger partial charge in [0.25, 0.3) is 0 Å². The van der Waals surface area contributed by atoms with Crippen molar-refractivity contribution in [3.63, 3.8) is 0 Å². The number of amides is 1. The van der Waals surface area contributed by atoms with Crippen LogP contribution in [0.25, 0.3) is 0 Å². The number of hydrogen-bond donors (Lipinski definition) is 1. The van der Waals surface area contributed by atoms with Gasteiger partial charge in [0.15, 0.2) is 0 Å². The minimum Gasteiger partial charge on any atom is -0.496 e. The quantitative estimate of drug-likeness (QED) is 0.919. The van der Waals surface area contributed by atoms with Crippen LogP contribution in [-0.2, 0) is 4.74 Å². The number of aliphatic hydroxyl groups is 1. The van der Waals surface area contributed by atoms with Crippen molar-refractivity contribution in [3.05, 3.63) is 29.8 Å². The van der Waals surface area contributed by atoms with Crippen molar-refractivity contribution in [2.75, 3.05) is 20.3 Å². The smallest absolute Gasteiger partial charge is 0.410 e. The normalized spacial score (nSPS) is 29.7. The zero-order chi connectivity index (χ0) is 17.2. The number of likely N-dealkylation sites (tertiary alicyclic amines) is 1. The van der Waals surface area contributed by atoms with Gasteiger partial charge in [-0.25, -0.2) is 4.79 Å². The van der Waals surface area contributed by atoms with Crippen LogP contribution in [0.2, 0.25) is 0 Å². The van der Waals surface area contributed by atoms with E-state index >= 15 is 0 Å². The van der Waals surface area contributed by atoms with Crippen LogP contribution in [0.5, 0.6) is 5.75 Å². The van der Waals surface area contributed by atoms with E-state index in [-0.39, 0.29) is 18.1 Å². The minimum absolute atomic E-state index is 0.0145. The van der Waals surface area contributed by atoms with Gasteiger partial charge in [-0.2, -0.15) is 0 Å². The van der Waals surface area contributed by atoms with E-state index in [1.54, 1.807) is 12.0 Å². The van der Waals surface area contributed by atoms with Crippen LogP contribution >= 0.6 is 0 Å². The van der Waals surface area contributed by atoms with Gasteiger partial charge in [0.1, 0.15) is 5.75 Å². The van der Waals surface area contributed by atoms with Gasteiger partial charge in [-0.1, -0.05) is 31.0 Å². The summed E-state index contributed by atoms with van der Waals surface area (Å²) in [6.45, 7) is 2.67. The Morgan fingerprint density at radius 1 is 1.33 bits per heavy atom. The second kappa shape index (κ2) is 7.01. The van der Waals surface area contributed by atoms with Gasteiger partial charge in [-0.3, -0.25) is 0 Å². The molecule has 132 valence electrons. The number of para-hydroxylation sites is 1. The number of hydrogen-bond acceptors (Lipinski definition) is 4. The molecule has 0 unspecified atom stereocenters. The molecule has 3 rings (SSSR count). The lowest BCUT2D eigenvalue weighted by atomic mass is 9.66. The Kier molecular flexibility index (Phi) is 4.99. The zero-order valence-electron chi connectivity index (χ0n) is 14.5. The molecule has 1 heterocycles. The summed E-state index contributed by atoms with van der Waals surface area (Å²) in [5.41, 5.74) is 0.255. The van der Waals surface area contributed by atoms with E-state index in [4.69, 9.17) is 9.47 Å². The number of rotatable bonds is 3. The number of methoxy groups -OCH3 is 1. The van der Waals surface area contributed by atoms with Crippen LogP contribution in [0, 0.1) is 5.92 Å². The summed E-state index contributed by atoms with van der Waals surface area (Å²) in [6.07, 6.45) is 4.15. The Morgan fingerprint density at radius 3 is 2.88 bits per heavy atom. The van der Waals surface area contributed by atoms with Crippen molar-refractivity contribution in [1.29, 1.82) is 0 Å². The fraction of sp³-hybridized carbons (Fsp3) is 0.632. The molecule has 3 atom stereocenters.